The molecule has 0 aromatic carbocycles. The van der Waals surface area contributed by atoms with Crippen molar-refractivity contribution in [3.05, 3.63) is 0 Å². The third-order valence-corrected chi connectivity index (χ3v) is 11.0. The predicted molar refractivity (Wildman–Crippen MR) is 47.4 cm³/mol. The maximum absolute atomic E-state index is 5.63. The van der Waals surface area contributed by atoms with E-state index in [0.29, 0.717) is 0 Å². The van der Waals surface area contributed by atoms with Crippen LogP contribution in [0.1, 0.15) is 0 Å². The van der Waals surface area contributed by atoms with Crippen LogP contribution < -0.4 is 0 Å². The molecule has 0 spiro atoms. The maximum Gasteiger partial charge on any atom is 0.532 e. The Morgan fingerprint density at radius 1 is 0.900 bits per heavy atom. The van der Waals surface area contributed by atoms with E-state index in [0.717, 1.165) is 0 Å². The monoisotopic (exact) mass is 252 g/mol. The van der Waals surface area contributed by atoms with Gasteiger partial charge in [-0.25, -0.2) is 0 Å². The lowest BCUT2D eigenvalue weighted by atomic mass is 15.7. The van der Waals surface area contributed by atoms with Gasteiger partial charge in [-0.1, -0.05) is 22.2 Å². The summed E-state index contributed by atoms with van der Waals surface area (Å²) in [6.07, 6.45) is 0. The minimum atomic E-state index is -2.83. The summed E-state index contributed by atoms with van der Waals surface area (Å²) < 4.78 is 20.2. The summed E-state index contributed by atoms with van der Waals surface area (Å²) in [4.78, 5) is 0. The van der Waals surface area contributed by atoms with Crippen molar-refractivity contribution in [2.75, 3.05) is 0 Å². The molecule has 0 aromatic rings. The summed E-state index contributed by atoms with van der Waals surface area (Å²) >= 11 is 11.3. The molecule has 0 aromatic heterocycles. The van der Waals surface area contributed by atoms with E-state index in [9.17, 15) is 0 Å². The van der Waals surface area contributed by atoms with Crippen LogP contribution in [-0.2, 0) is 16.5 Å². The highest BCUT2D eigenvalue weighted by Gasteiger charge is 2.34. The van der Waals surface area contributed by atoms with Crippen LogP contribution in [0.15, 0.2) is 0 Å². The third kappa shape index (κ3) is 3.61. The van der Waals surface area contributed by atoms with E-state index in [-0.39, 0.29) is 0 Å². The molecule has 1 aliphatic rings. The molecule has 4 nitrogen and oxygen atoms in total. The molecule has 0 N–H and O–H groups in total. The molecule has 60 valence electrons. The molecule has 0 saturated carbocycles. The van der Waals surface area contributed by atoms with Crippen LogP contribution in [0.3, 0.4) is 0 Å². The maximum atomic E-state index is 5.63. The molecule has 1 rings (SSSR count). The van der Waals surface area contributed by atoms with Crippen LogP contribution in [0, 0.1) is 0 Å². The molecule has 0 aliphatic carbocycles. The predicted octanol–water partition coefficient (Wildman–Crippen LogP) is -2.02. The zero-order chi connectivity index (χ0) is 7.45. The van der Waals surface area contributed by atoms with Crippen molar-refractivity contribution in [1.29, 1.82) is 0 Å². The van der Waals surface area contributed by atoms with E-state index in [4.69, 9.17) is 38.6 Å². The lowest BCUT2D eigenvalue weighted by molar-refractivity contribution is 0.335. The fourth-order valence-corrected chi connectivity index (χ4v) is 8.42. The zero-order valence-electron chi connectivity index (χ0n) is 5.01. The average Bonchev–Trinajstić information content (AvgIpc) is 1.81. The molecular formula is H6Cl2O4Si4. The fraction of sp³-hybridized carbons (Fsp3) is 0. The lowest BCUT2D eigenvalue weighted by Gasteiger charge is -2.20. The SMILES string of the molecule is Cl[Si]1(Cl)O[SiH2]O[SiH2]O[SiH2]O1. The zero-order valence-corrected chi connectivity index (χ0v) is 11.8. The standard InChI is InChI=1S/Cl2H6O4Si4/c1-10(2)5-8-3-7-4-9-6-10/h7-9H2. The number of halogens is 2. The second-order valence-electron chi connectivity index (χ2n) is 1.51. The van der Waals surface area contributed by atoms with E-state index >= 15 is 0 Å². The van der Waals surface area contributed by atoms with Crippen LogP contribution in [-0.4, -0.2) is 37.2 Å². The van der Waals surface area contributed by atoms with E-state index in [1.165, 1.54) is 0 Å². The minimum absolute atomic E-state index is 0.819. The van der Waals surface area contributed by atoms with Gasteiger partial charge in [0.1, 0.15) is 0 Å². The quantitative estimate of drug-likeness (QED) is 0.369. The van der Waals surface area contributed by atoms with E-state index in [1.807, 2.05) is 0 Å². The topological polar surface area (TPSA) is 36.9 Å². The molecule has 0 atom stereocenters. The number of hydrogen-bond donors (Lipinski definition) is 0. The largest absolute Gasteiger partial charge is 0.532 e. The lowest BCUT2D eigenvalue weighted by Crippen LogP contribution is -2.37. The van der Waals surface area contributed by atoms with Gasteiger partial charge in [0.25, 0.3) is 30.0 Å². The van der Waals surface area contributed by atoms with Crippen molar-refractivity contribution in [3.8, 4) is 0 Å². The summed E-state index contributed by atoms with van der Waals surface area (Å²) in [7, 11) is -5.69. The van der Waals surface area contributed by atoms with Gasteiger partial charge < -0.3 is 16.5 Å². The first-order chi connectivity index (χ1) is 4.71. The highest BCUT2D eigenvalue weighted by atomic mass is 35.7. The fourth-order valence-electron chi connectivity index (χ4n) is 0.389. The Bertz CT molecular complexity index is 97.4. The second-order valence-corrected chi connectivity index (χ2v) is 12.3. The van der Waals surface area contributed by atoms with Crippen molar-refractivity contribution in [2.24, 2.45) is 0 Å². The molecule has 10 heavy (non-hydrogen) atoms. The Balaban J connectivity index is 2.30. The van der Waals surface area contributed by atoms with Crippen LogP contribution in [0.25, 0.3) is 0 Å². The highest BCUT2D eigenvalue weighted by Crippen LogP contribution is 2.17. The first-order valence-electron chi connectivity index (χ1n) is 2.52. The molecule has 10 heteroatoms. The van der Waals surface area contributed by atoms with Gasteiger partial charge in [0.15, 0.2) is 0 Å². The van der Waals surface area contributed by atoms with Gasteiger partial charge in [0.2, 0.25) is 0 Å². The Kier molecular flexibility index (Phi) is 4.08. The molecule has 0 radical (unpaired) electrons. The molecule has 1 fully saturated rings. The summed E-state index contributed by atoms with van der Waals surface area (Å²) in [6.45, 7) is 0. The number of hydrogen-bond acceptors (Lipinski definition) is 4. The van der Waals surface area contributed by atoms with Crippen molar-refractivity contribution < 1.29 is 16.5 Å². The summed E-state index contributed by atoms with van der Waals surface area (Å²) in [6, 6.07) is 0. The molecule has 0 amide bonds. The van der Waals surface area contributed by atoms with Crippen LogP contribution in [0.4, 0.5) is 0 Å². The second kappa shape index (κ2) is 4.35. The van der Waals surface area contributed by atoms with Crippen LogP contribution in [0.2, 0.25) is 0 Å². The number of rotatable bonds is 0. The van der Waals surface area contributed by atoms with E-state index in [1.54, 1.807) is 0 Å². The Hall–Kier alpha value is 1.29. The van der Waals surface area contributed by atoms with Crippen LogP contribution >= 0.6 is 22.2 Å². The van der Waals surface area contributed by atoms with Crippen molar-refractivity contribution in [2.45, 2.75) is 0 Å². The molecule has 0 bridgehead atoms. The molecule has 0 unspecified atom stereocenters. The third-order valence-electron chi connectivity index (χ3n) is 0.787. The van der Waals surface area contributed by atoms with Gasteiger partial charge >= 0.3 is 7.18 Å². The molecular weight excluding hydrogens is 247 g/mol. The summed E-state index contributed by atoms with van der Waals surface area (Å²) in [5, 5.41) is 0. The van der Waals surface area contributed by atoms with E-state index in [2.05, 4.69) is 0 Å². The minimum Gasteiger partial charge on any atom is -0.425 e. The van der Waals surface area contributed by atoms with E-state index < -0.39 is 37.2 Å². The Morgan fingerprint density at radius 3 is 1.90 bits per heavy atom. The van der Waals surface area contributed by atoms with Crippen LogP contribution in [0.5, 0.6) is 0 Å². The van der Waals surface area contributed by atoms with Gasteiger partial charge in [0, 0.05) is 0 Å². The average molecular weight is 253 g/mol. The van der Waals surface area contributed by atoms with Gasteiger partial charge in [-0.15, -0.1) is 0 Å². The van der Waals surface area contributed by atoms with Gasteiger partial charge in [-0.3, -0.25) is 0 Å². The molecule has 1 aliphatic heterocycles. The van der Waals surface area contributed by atoms with Gasteiger partial charge in [0.05, 0.1) is 0 Å². The first-order valence-corrected chi connectivity index (χ1v) is 9.82. The normalized spacial score (nSPS) is 34.2. The highest BCUT2D eigenvalue weighted by molar-refractivity contribution is 7.40. The van der Waals surface area contributed by atoms with Gasteiger partial charge in [-0.2, -0.15) is 0 Å². The van der Waals surface area contributed by atoms with Crippen molar-refractivity contribution in [3.63, 3.8) is 0 Å². The van der Waals surface area contributed by atoms with Crippen molar-refractivity contribution >= 4 is 59.4 Å². The smallest absolute Gasteiger partial charge is 0.425 e. The molecule has 1 heterocycles. The van der Waals surface area contributed by atoms with Crippen molar-refractivity contribution in [1.82, 2.24) is 0 Å². The van der Waals surface area contributed by atoms with Gasteiger partial charge in [-0.05, 0) is 0 Å². The summed E-state index contributed by atoms with van der Waals surface area (Å²) in [5.41, 5.74) is 0. The Morgan fingerprint density at radius 2 is 1.40 bits per heavy atom. The Labute approximate surface area is 75.9 Å². The molecule has 1 saturated heterocycles. The summed E-state index contributed by atoms with van der Waals surface area (Å²) in [5.74, 6) is 0. The first kappa shape index (κ1) is 9.38.